The number of hydrogen-bond acceptors (Lipinski definition) is 2. The molecule has 2 N–H and O–H groups in total. The summed E-state index contributed by atoms with van der Waals surface area (Å²) in [4.78, 5) is 0. The van der Waals surface area contributed by atoms with E-state index >= 15 is 0 Å². The Bertz CT molecular complexity index is 392. The van der Waals surface area contributed by atoms with E-state index in [4.69, 9.17) is 5.73 Å². The van der Waals surface area contributed by atoms with Gasteiger partial charge < -0.3 is 5.73 Å². The first-order chi connectivity index (χ1) is 8.27. The summed E-state index contributed by atoms with van der Waals surface area (Å²) >= 11 is 2.10. The molecule has 0 radical (unpaired) electrons. The first-order valence-corrected chi connectivity index (χ1v) is 7.87. The van der Waals surface area contributed by atoms with Gasteiger partial charge in [0.15, 0.2) is 0 Å². The van der Waals surface area contributed by atoms with Crippen molar-refractivity contribution in [2.24, 2.45) is 5.73 Å². The van der Waals surface area contributed by atoms with Crippen molar-refractivity contribution in [3.8, 4) is 0 Å². The second kappa shape index (κ2) is 4.66. The molecule has 0 atom stereocenters. The van der Waals surface area contributed by atoms with Crippen molar-refractivity contribution in [2.75, 3.05) is 11.5 Å². The van der Waals surface area contributed by atoms with Crippen molar-refractivity contribution in [2.45, 2.75) is 43.6 Å². The van der Waals surface area contributed by atoms with Crippen LogP contribution < -0.4 is 5.73 Å². The topological polar surface area (TPSA) is 26.0 Å². The van der Waals surface area contributed by atoms with Gasteiger partial charge in [0.25, 0.3) is 0 Å². The Morgan fingerprint density at radius 1 is 1.18 bits per heavy atom. The quantitative estimate of drug-likeness (QED) is 0.886. The van der Waals surface area contributed by atoms with E-state index < -0.39 is 0 Å². The van der Waals surface area contributed by atoms with E-state index in [1.165, 1.54) is 42.8 Å². The van der Waals surface area contributed by atoms with E-state index in [-0.39, 0.29) is 5.54 Å². The van der Waals surface area contributed by atoms with Gasteiger partial charge in [0.1, 0.15) is 0 Å². The molecule has 0 unspecified atom stereocenters. The zero-order valence-corrected chi connectivity index (χ0v) is 11.1. The van der Waals surface area contributed by atoms with Crippen LogP contribution >= 0.6 is 11.8 Å². The molecule has 17 heavy (non-hydrogen) atoms. The molecule has 3 rings (SSSR count). The second-order valence-corrected chi connectivity index (χ2v) is 6.85. The largest absolute Gasteiger partial charge is 0.325 e. The maximum atomic E-state index is 6.27. The zero-order valence-electron chi connectivity index (χ0n) is 10.3. The molecule has 2 fully saturated rings. The summed E-state index contributed by atoms with van der Waals surface area (Å²) < 4.78 is 0. The van der Waals surface area contributed by atoms with Gasteiger partial charge in [-0.2, -0.15) is 11.8 Å². The summed E-state index contributed by atoms with van der Waals surface area (Å²) in [7, 11) is 0. The van der Waals surface area contributed by atoms with Crippen LogP contribution in [0.3, 0.4) is 0 Å². The minimum Gasteiger partial charge on any atom is -0.325 e. The molecule has 1 saturated heterocycles. The fourth-order valence-electron chi connectivity index (χ4n) is 2.82. The third-order valence-electron chi connectivity index (χ3n) is 4.15. The van der Waals surface area contributed by atoms with Crippen LogP contribution in [0.4, 0.5) is 0 Å². The summed E-state index contributed by atoms with van der Waals surface area (Å²) in [5.41, 5.74) is 9.52. The van der Waals surface area contributed by atoms with Gasteiger partial charge in [0.2, 0.25) is 0 Å². The molecule has 0 aromatic heterocycles. The second-order valence-electron chi connectivity index (χ2n) is 5.62. The average Bonchev–Trinajstić information content (AvgIpc) is 3.09. The summed E-state index contributed by atoms with van der Waals surface area (Å²) in [5.74, 6) is 3.44. The summed E-state index contributed by atoms with van der Waals surface area (Å²) in [5, 5.41) is 0. The van der Waals surface area contributed by atoms with E-state index in [1.54, 1.807) is 5.56 Å². The summed E-state index contributed by atoms with van der Waals surface area (Å²) in [6, 6.07) is 8.99. The van der Waals surface area contributed by atoms with Crippen LogP contribution in [0.5, 0.6) is 0 Å². The predicted molar refractivity (Wildman–Crippen MR) is 75.6 cm³/mol. The van der Waals surface area contributed by atoms with E-state index in [0.717, 1.165) is 12.3 Å². The van der Waals surface area contributed by atoms with Crippen LogP contribution in [0.15, 0.2) is 24.3 Å². The van der Waals surface area contributed by atoms with Gasteiger partial charge in [0.05, 0.1) is 0 Å². The smallest absolute Gasteiger partial charge is 0.0196 e. The maximum Gasteiger partial charge on any atom is 0.0196 e. The van der Waals surface area contributed by atoms with Crippen LogP contribution in [0.1, 0.15) is 42.7 Å². The van der Waals surface area contributed by atoms with Crippen LogP contribution in [-0.2, 0) is 6.42 Å². The zero-order chi connectivity index (χ0) is 11.7. The third kappa shape index (κ3) is 2.69. The highest BCUT2D eigenvalue weighted by atomic mass is 32.2. The SMILES string of the molecule is NC1(Cc2ccccc2C2CCSCC2)CC1. The lowest BCUT2D eigenvalue weighted by molar-refractivity contribution is 0.612. The van der Waals surface area contributed by atoms with Gasteiger partial charge in [-0.3, -0.25) is 0 Å². The van der Waals surface area contributed by atoms with Gasteiger partial charge in [-0.25, -0.2) is 0 Å². The standard InChI is InChI=1S/C15H21NS/c16-15(7-8-15)11-13-3-1-2-4-14(13)12-5-9-17-10-6-12/h1-4,12H,5-11,16H2. The van der Waals surface area contributed by atoms with Gasteiger partial charge in [-0.15, -0.1) is 0 Å². The average molecular weight is 247 g/mol. The van der Waals surface area contributed by atoms with E-state index in [1.807, 2.05) is 0 Å². The number of nitrogens with two attached hydrogens (primary N) is 1. The minimum absolute atomic E-state index is 0.138. The van der Waals surface area contributed by atoms with Crippen molar-refractivity contribution < 1.29 is 0 Å². The number of thioether (sulfide) groups is 1. The lowest BCUT2D eigenvalue weighted by atomic mass is 9.87. The first kappa shape index (κ1) is 11.6. The fraction of sp³-hybridized carbons (Fsp3) is 0.600. The number of benzene rings is 1. The van der Waals surface area contributed by atoms with Crippen LogP contribution in [0.25, 0.3) is 0 Å². The molecule has 1 nitrogen and oxygen atoms in total. The number of rotatable bonds is 3. The molecule has 92 valence electrons. The van der Waals surface area contributed by atoms with Gasteiger partial charge in [0, 0.05) is 5.54 Å². The molecule has 0 bridgehead atoms. The molecular weight excluding hydrogens is 226 g/mol. The molecule has 1 aromatic carbocycles. The van der Waals surface area contributed by atoms with E-state index in [9.17, 15) is 0 Å². The molecule has 1 aliphatic carbocycles. The van der Waals surface area contributed by atoms with Crippen molar-refractivity contribution in [3.63, 3.8) is 0 Å². The molecule has 0 spiro atoms. The molecular formula is C15H21NS. The monoisotopic (exact) mass is 247 g/mol. The van der Waals surface area contributed by atoms with Gasteiger partial charge >= 0.3 is 0 Å². The van der Waals surface area contributed by atoms with Crippen molar-refractivity contribution >= 4 is 11.8 Å². The normalized spacial score (nSPS) is 23.6. The lowest BCUT2D eigenvalue weighted by Crippen LogP contribution is -2.25. The van der Waals surface area contributed by atoms with Crippen LogP contribution in [0.2, 0.25) is 0 Å². The minimum atomic E-state index is 0.138. The summed E-state index contributed by atoms with van der Waals surface area (Å²) in [6.45, 7) is 0. The molecule has 2 heteroatoms. The molecule has 0 amide bonds. The maximum absolute atomic E-state index is 6.27. The Morgan fingerprint density at radius 2 is 1.88 bits per heavy atom. The molecule has 1 heterocycles. The molecule has 1 saturated carbocycles. The highest BCUT2D eigenvalue weighted by molar-refractivity contribution is 7.99. The van der Waals surface area contributed by atoms with Crippen molar-refractivity contribution in [1.29, 1.82) is 0 Å². The molecule has 2 aliphatic rings. The first-order valence-electron chi connectivity index (χ1n) is 6.71. The van der Waals surface area contributed by atoms with Crippen molar-refractivity contribution in [1.82, 2.24) is 0 Å². The Kier molecular flexibility index (Phi) is 3.18. The highest BCUT2D eigenvalue weighted by Gasteiger charge is 2.38. The fourth-order valence-corrected chi connectivity index (χ4v) is 3.93. The van der Waals surface area contributed by atoms with E-state index in [2.05, 4.69) is 36.0 Å². The van der Waals surface area contributed by atoms with Gasteiger partial charge in [-0.05, 0) is 60.7 Å². The molecule has 1 aromatic rings. The Morgan fingerprint density at radius 3 is 2.59 bits per heavy atom. The molecule has 1 aliphatic heterocycles. The highest BCUT2D eigenvalue weighted by Crippen LogP contribution is 2.39. The van der Waals surface area contributed by atoms with E-state index in [0.29, 0.717) is 0 Å². The Balaban J connectivity index is 1.81. The van der Waals surface area contributed by atoms with Crippen LogP contribution in [0, 0.1) is 0 Å². The lowest BCUT2D eigenvalue weighted by Gasteiger charge is -2.25. The summed E-state index contributed by atoms with van der Waals surface area (Å²) in [6.07, 6.45) is 6.20. The number of hydrogen-bond donors (Lipinski definition) is 1. The Hall–Kier alpha value is -0.470. The van der Waals surface area contributed by atoms with Crippen LogP contribution in [-0.4, -0.2) is 17.0 Å². The third-order valence-corrected chi connectivity index (χ3v) is 5.20. The predicted octanol–water partition coefficient (Wildman–Crippen LogP) is 3.33. The Labute approximate surface area is 108 Å². The van der Waals surface area contributed by atoms with Gasteiger partial charge in [-0.1, -0.05) is 24.3 Å². The van der Waals surface area contributed by atoms with Crippen molar-refractivity contribution in [3.05, 3.63) is 35.4 Å².